The van der Waals surface area contributed by atoms with Crippen molar-refractivity contribution in [3.63, 3.8) is 0 Å². The molecular formula is C12H20N4O. The molecule has 17 heavy (non-hydrogen) atoms. The van der Waals surface area contributed by atoms with Gasteiger partial charge >= 0.3 is 0 Å². The van der Waals surface area contributed by atoms with Gasteiger partial charge in [-0.2, -0.15) is 0 Å². The molecule has 1 heterocycles. The Bertz CT molecular complexity index is 357. The number of rotatable bonds is 5. The monoisotopic (exact) mass is 236 g/mol. The predicted octanol–water partition coefficient (Wildman–Crippen LogP) is 1.47. The molecule has 5 heteroatoms. The summed E-state index contributed by atoms with van der Waals surface area (Å²) in [5.41, 5.74) is 2.70. The minimum atomic E-state index is 0.548. The Morgan fingerprint density at radius 3 is 3.00 bits per heavy atom. The lowest BCUT2D eigenvalue weighted by Gasteiger charge is -2.24. The maximum atomic E-state index is 5.56. The highest BCUT2D eigenvalue weighted by Crippen LogP contribution is 2.28. The van der Waals surface area contributed by atoms with Crippen molar-refractivity contribution in [3.05, 3.63) is 24.2 Å². The zero-order valence-electron chi connectivity index (χ0n) is 10.2. The van der Waals surface area contributed by atoms with Crippen LogP contribution in [0.25, 0.3) is 0 Å². The largest absolute Gasteiger partial charge is 0.467 e. The summed E-state index contributed by atoms with van der Waals surface area (Å²) in [6, 6.07) is 4.43. The number of nitrogens with one attached hydrogen (secondary N) is 1. The number of hydrogen-bond acceptors (Lipinski definition) is 3. The lowest BCUT2D eigenvalue weighted by atomic mass is 10.4. The van der Waals surface area contributed by atoms with E-state index in [1.54, 1.807) is 6.26 Å². The Hall–Kier alpha value is -1.49. The average Bonchev–Trinajstić information content (AvgIpc) is 3.06. The normalized spacial score (nSPS) is 16.0. The van der Waals surface area contributed by atoms with E-state index < -0.39 is 0 Å². The number of nitrogens with zero attached hydrogens (tertiary/aromatic N) is 2. The fourth-order valence-corrected chi connectivity index (χ4v) is 1.77. The molecule has 1 aromatic heterocycles. The second-order valence-corrected chi connectivity index (χ2v) is 4.29. The van der Waals surface area contributed by atoms with Crippen molar-refractivity contribution in [2.75, 3.05) is 6.54 Å². The van der Waals surface area contributed by atoms with Crippen LogP contribution in [0.3, 0.4) is 0 Å². The zero-order chi connectivity index (χ0) is 12.1. The van der Waals surface area contributed by atoms with Crippen LogP contribution in [0.4, 0.5) is 0 Å². The van der Waals surface area contributed by atoms with Gasteiger partial charge in [0.05, 0.1) is 12.8 Å². The van der Waals surface area contributed by atoms with E-state index >= 15 is 0 Å². The molecule has 0 amide bonds. The first-order valence-corrected chi connectivity index (χ1v) is 6.15. The van der Waals surface area contributed by atoms with Gasteiger partial charge in [-0.25, -0.2) is 5.84 Å². The van der Waals surface area contributed by atoms with Gasteiger partial charge in [-0.3, -0.25) is 10.4 Å². The van der Waals surface area contributed by atoms with E-state index in [0.717, 1.165) is 31.2 Å². The molecule has 0 bridgehead atoms. The molecule has 0 aromatic carbocycles. The molecule has 0 radical (unpaired) electrons. The summed E-state index contributed by atoms with van der Waals surface area (Å²) in [6.45, 7) is 3.62. The van der Waals surface area contributed by atoms with Crippen molar-refractivity contribution in [3.8, 4) is 0 Å². The summed E-state index contributed by atoms with van der Waals surface area (Å²) in [5.74, 6) is 7.27. The molecule has 1 aromatic rings. The molecule has 0 spiro atoms. The molecule has 0 aliphatic heterocycles. The Labute approximate surface area is 102 Å². The molecule has 3 N–H and O–H groups in total. The van der Waals surface area contributed by atoms with Crippen molar-refractivity contribution in [1.82, 2.24) is 10.3 Å². The maximum Gasteiger partial charge on any atom is 0.209 e. The average molecular weight is 236 g/mol. The summed E-state index contributed by atoms with van der Waals surface area (Å²) in [4.78, 5) is 6.66. The van der Waals surface area contributed by atoms with E-state index in [-0.39, 0.29) is 0 Å². The van der Waals surface area contributed by atoms with E-state index in [0.29, 0.717) is 6.04 Å². The SMILES string of the molecule is CCCN=C(NN)N(Cc1ccco1)C1CC1. The number of hydrogen-bond donors (Lipinski definition) is 2. The number of guanidine groups is 1. The van der Waals surface area contributed by atoms with Gasteiger partial charge in [0.2, 0.25) is 5.96 Å². The third-order valence-electron chi connectivity index (χ3n) is 2.78. The molecule has 5 nitrogen and oxygen atoms in total. The van der Waals surface area contributed by atoms with Crippen LogP contribution >= 0.6 is 0 Å². The van der Waals surface area contributed by atoms with E-state index in [1.165, 1.54) is 12.8 Å². The maximum absolute atomic E-state index is 5.56. The van der Waals surface area contributed by atoms with Gasteiger partial charge in [0.15, 0.2) is 0 Å². The number of nitrogens with two attached hydrogens (primary N) is 1. The smallest absolute Gasteiger partial charge is 0.209 e. The van der Waals surface area contributed by atoms with Crippen LogP contribution in [0.5, 0.6) is 0 Å². The van der Waals surface area contributed by atoms with Crippen LogP contribution in [0, 0.1) is 0 Å². The third kappa shape index (κ3) is 3.23. The number of aliphatic imine (C=N–C) groups is 1. The van der Waals surface area contributed by atoms with Crippen LogP contribution in [0.1, 0.15) is 31.9 Å². The predicted molar refractivity (Wildman–Crippen MR) is 67.2 cm³/mol. The Kier molecular flexibility index (Phi) is 4.03. The van der Waals surface area contributed by atoms with E-state index in [4.69, 9.17) is 10.3 Å². The van der Waals surface area contributed by atoms with Crippen molar-refractivity contribution >= 4 is 5.96 Å². The molecule has 1 aliphatic carbocycles. The fraction of sp³-hybridized carbons (Fsp3) is 0.583. The molecule has 94 valence electrons. The molecule has 0 atom stereocenters. The summed E-state index contributed by atoms with van der Waals surface area (Å²) in [6.07, 6.45) is 5.12. The lowest BCUT2D eigenvalue weighted by molar-refractivity contribution is 0.342. The Morgan fingerprint density at radius 2 is 2.47 bits per heavy atom. The van der Waals surface area contributed by atoms with Crippen LogP contribution in [-0.4, -0.2) is 23.4 Å². The molecule has 2 rings (SSSR count). The van der Waals surface area contributed by atoms with Gasteiger partial charge in [0.25, 0.3) is 0 Å². The lowest BCUT2D eigenvalue weighted by Crippen LogP contribution is -2.45. The highest BCUT2D eigenvalue weighted by molar-refractivity contribution is 5.80. The first-order valence-electron chi connectivity index (χ1n) is 6.15. The minimum Gasteiger partial charge on any atom is -0.467 e. The van der Waals surface area contributed by atoms with Gasteiger partial charge in [0.1, 0.15) is 5.76 Å². The summed E-state index contributed by atoms with van der Waals surface area (Å²) in [7, 11) is 0. The van der Waals surface area contributed by atoms with Crippen LogP contribution < -0.4 is 11.3 Å². The quantitative estimate of drug-likeness (QED) is 0.352. The Morgan fingerprint density at radius 1 is 1.65 bits per heavy atom. The highest BCUT2D eigenvalue weighted by atomic mass is 16.3. The summed E-state index contributed by atoms with van der Waals surface area (Å²) >= 11 is 0. The standard InChI is InChI=1S/C12H20N4O/c1-2-7-14-12(15-13)16(10-5-6-10)9-11-4-3-8-17-11/h3-4,8,10H,2,5-7,9,13H2,1H3,(H,14,15). The Balaban J connectivity index is 2.04. The van der Waals surface area contributed by atoms with Gasteiger partial charge < -0.3 is 9.32 Å². The minimum absolute atomic E-state index is 0.548. The molecular weight excluding hydrogens is 216 g/mol. The topological polar surface area (TPSA) is 66.8 Å². The summed E-state index contributed by atoms with van der Waals surface area (Å²) < 4.78 is 5.38. The number of hydrazine groups is 1. The van der Waals surface area contributed by atoms with Crippen LogP contribution in [0.2, 0.25) is 0 Å². The summed E-state index contributed by atoms with van der Waals surface area (Å²) in [5, 5.41) is 0. The second kappa shape index (κ2) is 5.72. The van der Waals surface area contributed by atoms with Crippen molar-refractivity contribution in [2.24, 2.45) is 10.8 Å². The molecule has 1 saturated carbocycles. The highest BCUT2D eigenvalue weighted by Gasteiger charge is 2.31. The molecule has 1 fully saturated rings. The van der Waals surface area contributed by atoms with Crippen molar-refractivity contribution < 1.29 is 4.42 Å². The fourth-order valence-electron chi connectivity index (χ4n) is 1.77. The van der Waals surface area contributed by atoms with Gasteiger partial charge in [-0.05, 0) is 31.4 Å². The third-order valence-corrected chi connectivity index (χ3v) is 2.78. The van der Waals surface area contributed by atoms with Crippen LogP contribution in [-0.2, 0) is 6.54 Å². The number of furan rings is 1. The van der Waals surface area contributed by atoms with Crippen molar-refractivity contribution in [1.29, 1.82) is 0 Å². The molecule has 0 unspecified atom stereocenters. The first-order chi connectivity index (χ1) is 8.35. The van der Waals surface area contributed by atoms with Crippen molar-refractivity contribution in [2.45, 2.75) is 38.8 Å². The van der Waals surface area contributed by atoms with E-state index in [9.17, 15) is 0 Å². The first kappa shape index (κ1) is 12.0. The van der Waals surface area contributed by atoms with Gasteiger partial charge in [-0.1, -0.05) is 6.92 Å². The van der Waals surface area contributed by atoms with Gasteiger partial charge in [-0.15, -0.1) is 0 Å². The molecule has 0 saturated heterocycles. The van der Waals surface area contributed by atoms with E-state index in [2.05, 4.69) is 22.2 Å². The zero-order valence-corrected chi connectivity index (χ0v) is 10.2. The van der Waals surface area contributed by atoms with E-state index in [1.807, 2.05) is 12.1 Å². The van der Waals surface area contributed by atoms with Gasteiger partial charge in [0, 0.05) is 12.6 Å². The second-order valence-electron chi connectivity index (χ2n) is 4.29. The molecule has 1 aliphatic rings. The van der Waals surface area contributed by atoms with Crippen LogP contribution in [0.15, 0.2) is 27.8 Å².